The number of ether oxygens (including phenoxy) is 3. The highest BCUT2D eigenvalue weighted by atomic mass is 19.1. The molecule has 0 radical (unpaired) electrons. The number of benzene rings is 3. The number of carboxylic acids is 1. The standard InChI is InChI=1S/C26H26FNO6/c27-18-7-10-23(26(30)31)25(13-18)33-21-9-11-24-17(12-21)6-8-22(34-24)15-28-14-19(29)16-32-20-4-2-1-3-5-20/h1-5,7,9-13,19,22,28-29H,6,8,14-16H2,(H,30,31)/t19-,22+/m0/s1. The molecule has 0 saturated heterocycles. The van der Waals surface area contributed by atoms with Crippen molar-refractivity contribution in [2.45, 2.75) is 25.0 Å². The number of fused-ring (bicyclic) bond motifs is 1. The third-order valence-corrected chi connectivity index (χ3v) is 5.40. The summed E-state index contributed by atoms with van der Waals surface area (Å²) in [4.78, 5) is 11.4. The van der Waals surface area contributed by atoms with Crippen LogP contribution in [0.4, 0.5) is 4.39 Å². The molecule has 8 heteroatoms. The van der Waals surface area contributed by atoms with Crippen LogP contribution in [0.3, 0.4) is 0 Å². The molecule has 1 aliphatic rings. The number of carbonyl (C=O) groups is 1. The summed E-state index contributed by atoms with van der Waals surface area (Å²) in [5.74, 6) is 0.0242. The van der Waals surface area contributed by atoms with Crippen LogP contribution in [0.1, 0.15) is 22.3 Å². The maximum atomic E-state index is 13.6. The van der Waals surface area contributed by atoms with E-state index >= 15 is 0 Å². The second-order valence-corrected chi connectivity index (χ2v) is 8.03. The van der Waals surface area contributed by atoms with Crippen molar-refractivity contribution in [1.29, 1.82) is 0 Å². The van der Waals surface area contributed by atoms with Gasteiger partial charge in [0.15, 0.2) is 0 Å². The first kappa shape index (κ1) is 23.5. The van der Waals surface area contributed by atoms with Gasteiger partial charge < -0.3 is 29.7 Å². The maximum Gasteiger partial charge on any atom is 0.339 e. The summed E-state index contributed by atoms with van der Waals surface area (Å²) >= 11 is 0. The van der Waals surface area contributed by atoms with Crippen LogP contribution in [0.25, 0.3) is 0 Å². The Balaban J connectivity index is 1.27. The zero-order valence-electron chi connectivity index (χ0n) is 18.4. The van der Waals surface area contributed by atoms with Crippen molar-refractivity contribution in [1.82, 2.24) is 5.32 Å². The number of hydrogen-bond acceptors (Lipinski definition) is 6. The van der Waals surface area contributed by atoms with Gasteiger partial charge in [-0.05, 0) is 60.9 Å². The molecule has 0 aliphatic carbocycles. The van der Waals surface area contributed by atoms with E-state index in [-0.39, 0.29) is 24.0 Å². The predicted molar refractivity (Wildman–Crippen MR) is 123 cm³/mol. The minimum atomic E-state index is -1.19. The van der Waals surface area contributed by atoms with E-state index in [1.807, 2.05) is 30.3 Å². The van der Waals surface area contributed by atoms with Crippen LogP contribution in [-0.2, 0) is 6.42 Å². The summed E-state index contributed by atoms with van der Waals surface area (Å²) in [5.41, 5.74) is 0.816. The number of aliphatic hydroxyl groups excluding tert-OH is 1. The first-order valence-corrected chi connectivity index (χ1v) is 11.0. The number of para-hydroxylation sites is 1. The first-order valence-electron chi connectivity index (χ1n) is 11.0. The largest absolute Gasteiger partial charge is 0.491 e. The summed E-state index contributed by atoms with van der Waals surface area (Å²) in [5, 5.41) is 22.6. The Hall–Kier alpha value is -3.62. The predicted octanol–water partition coefficient (Wildman–Crippen LogP) is 4.04. The van der Waals surface area contributed by atoms with Gasteiger partial charge in [0.05, 0.1) is 0 Å². The molecule has 4 rings (SSSR count). The summed E-state index contributed by atoms with van der Waals surface area (Å²) in [6.45, 7) is 1.15. The molecule has 1 heterocycles. The summed E-state index contributed by atoms with van der Waals surface area (Å²) < 4.78 is 30.8. The second-order valence-electron chi connectivity index (χ2n) is 8.03. The second kappa shape index (κ2) is 11.0. The molecule has 0 fully saturated rings. The number of aliphatic hydroxyl groups is 1. The van der Waals surface area contributed by atoms with E-state index < -0.39 is 17.9 Å². The third kappa shape index (κ3) is 6.24. The van der Waals surface area contributed by atoms with Gasteiger partial charge in [0.1, 0.15) is 53.2 Å². The van der Waals surface area contributed by atoms with Crippen molar-refractivity contribution >= 4 is 5.97 Å². The Labute approximate surface area is 196 Å². The molecule has 3 aromatic rings. The van der Waals surface area contributed by atoms with Gasteiger partial charge >= 0.3 is 5.97 Å². The van der Waals surface area contributed by atoms with E-state index in [1.54, 1.807) is 18.2 Å². The van der Waals surface area contributed by atoms with Crippen LogP contribution < -0.4 is 19.5 Å². The normalized spacial score (nSPS) is 15.6. The van der Waals surface area contributed by atoms with Gasteiger partial charge in [0.25, 0.3) is 0 Å². The van der Waals surface area contributed by atoms with E-state index in [0.717, 1.165) is 36.3 Å². The number of rotatable bonds is 10. The highest BCUT2D eigenvalue weighted by Gasteiger charge is 2.21. The Morgan fingerprint density at radius 1 is 1.12 bits per heavy atom. The fourth-order valence-electron chi connectivity index (χ4n) is 3.69. The third-order valence-electron chi connectivity index (χ3n) is 5.40. The molecule has 1 aliphatic heterocycles. The number of halogens is 1. The molecule has 0 saturated carbocycles. The van der Waals surface area contributed by atoms with Crippen molar-refractivity contribution in [3.63, 3.8) is 0 Å². The van der Waals surface area contributed by atoms with Gasteiger partial charge in [-0.15, -0.1) is 0 Å². The Kier molecular flexibility index (Phi) is 7.61. The average molecular weight is 467 g/mol. The van der Waals surface area contributed by atoms with Crippen molar-refractivity contribution in [3.05, 3.63) is 83.7 Å². The van der Waals surface area contributed by atoms with Crippen molar-refractivity contribution in [2.24, 2.45) is 0 Å². The van der Waals surface area contributed by atoms with E-state index in [0.29, 0.717) is 24.6 Å². The minimum Gasteiger partial charge on any atom is -0.491 e. The molecule has 7 nitrogen and oxygen atoms in total. The molecule has 0 amide bonds. The highest BCUT2D eigenvalue weighted by Crippen LogP contribution is 2.34. The van der Waals surface area contributed by atoms with Crippen LogP contribution in [0, 0.1) is 5.82 Å². The molecular weight excluding hydrogens is 441 g/mol. The molecule has 0 unspecified atom stereocenters. The van der Waals surface area contributed by atoms with Crippen molar-refractivity contribution in [2.75, 3.05) is 19.7 Å². The monoisotopic (exact) mass is 467 g/mol. The Morgan fingerprint density at radius 2 is 1.94 bits per heavy atom. The zero-order chi connectivity index (χ0) is 23.9. The summed E-state index contributed by atoms with van der Waals surface area (Å²) in [7, 11) is 0. The Morgan fingerprint density at radius 3 is 2.74 bits per heavy atom. The van der Waals surface area contributed by atoms with E-state index in [4.69, 9.17) is 14.2 Å². The van der Waals surface area contributed by atoms with Gasteiger partial charge in [-0.25, -0.2) is 9.18 Å². The number of nitrogens with one attached hydrogen (secondary N) is 1. The number of hydrogen-bond donors (Lipinski definition) is 3. The number of carboxylic acid groups (broad SMARTS) is 1. The Bertz CT molecular complexity index is 1120. The molecule has 3 aromatic carbocycles. The van der Waals surface area contributed by atoms with Crippen LogP contribution in [0.15, 0.2) is 66.7 Å². The van der Waals surface area contributed by atoms with Gasteiger partial charge in [-0.3, -0.25) is 0 Å². The van der Waals surface area contributed by atoms with E-state index in [9.17, 15) is 19.4 Å². The highest BCUT2D eigenvalue weighted by molar-refractivity contribution is 5.91. The quantitative estimate of drug-likeness (QED) is 0.414. The van der Waals surface area contributed by atoms with E-state index in [2.05, 4.69) is 5.32 Å². The molecule has 178 valence electrons. The van der Waals surface area contributed by atoms with Gasteiger partial charge in [0.2, 0.25) is 0 Å². The van der Waals surface area contributed by atoms with Gasteiger partial charge in [0, 0.05) is 19.2 Å². The molecular formula is C26H26FNO6. The fourth-order valence-corrected chi connectivity index (χ4v) is 3.69. The van der Waals surface area contributed by atoms with Crippen LogP contribution in [-0.4, -0.2) is 48.1 Å². The SMILES string of the molecule is O=C(O)c1ccc(F)cc1Oc1ccc2c(c1)CC[C@H](CNC[C@H](O)COc1ccccc1)O2. The lowest BCUT2D eigenvalue weighted by molar-refractivity contribution is 0.0694. The summed E-state index contributed by atoms with van der Waals surface area (Å²) in [6.07, 6.45) is 0.811. The summed E-state index contributed by atoms with van der Waals surface area (Å²) in [6, 6.07) is 17.9. The van der Waals surface area contributed by atoms with Crippen molar-refractivity contribution < 1.29 is 33.6 Å². The lowest BCUT2D eigenvalue weighted by Crippen LogP contribution is -2.39. The minimum absolute atomic E-state index is 0.0525. The topological polar surface area (TPSA) is 97.3 Å². The van der Waals surface area contributed by atoms with Gasteiger partial charge in [-0.2, -0.15) is 0 Å². The smallest absolute Gasteiger partial charge is 0.339 e. The lowest BCUT2D eigenvalue weighted by atomic mass is 10.0. The molecule has 3 N–H and O–H groups in total. The fraction of sp³-hybridized carbons (Fsp3) is 0.269. The number of aryl methyl sites for hydroxylation is 1. The van der Waals surface area contributed by atoms with Crippen LogP contribution in [0.5, 0.6) is 23.0 Å². The van der Waals surface area contributed by atoms with Gasteiger partial charge in [-0.1, -0.05) is 18.2 Å². The van der Waals surface area contributed by atoms with Crippen molar-refractivity contribution in [3.8, 4) is 23.0 Å². The van der Waals surface area contributed by atoms with Crippen LogP contribution >= 0.6 is 0 Å². The zero-order valence-corrected chi connectivity index (χ0v) is 18.4. The molecule has 0 bridgehead atoms. The maximum absolute atomic E-state index is 13.6. The van der Waals surface area contributed by atoms with Crippen LogP contribution in [0.2, 0.25) is 0 Å². The average Bonchev–Trinajstić information content (AvgIpc) is 2.83. The molecule has 2 atom stereocenters. The molecule has 0 spiro atoms. The first-order chi connectivity index (χ1) is 16.5. The molecule has 34 heavy (non-hydrogen) atoms. The van der Waals surface area contributed by atoms with E-state index in [1.165, 1.54) is 6.07 Å². The number of aromatic carboxylic acids is 1. The lowest BCUT2D eigenvalue weighted by Gasteiger charge is -2.27. The molecule has 0 aromatic heterocycles.